The third-order valence-corrected chi connectivity index (χ3v) is 10.7. The highest BCUT2D eigenvalue weighted by Crippen LogP contribution is 2.44. The van der Waals surface area contributed by atoms with Gasteiger partial charge in [0, 0.05) is 55.6 Å². The molecule has 5 unspecified atom stereocenters. The number of hydrazine groups is 1. The predicted molar refractivity (Wildman–Crippen MR) is 148 cm³/mol. The Hall–Kier alpha value is -1.60. The lowest BCUT2D eigenvalue weighted by Crippen LogP contribution is -2.73. The summed E-state index contributed by atoms with van der Waals surface area (Å²) in [4.78, 5) is 11.1. The van der Waals surface area contributed by atoms with Crippen molar-refractivity contribution in [2.45, 2.75) is 57.2 Å². The first-order chi connectivity index (χ1) is 18.4. The van der Waals surface area contributed by atoms with Crippen molar-refractivity contribution in [1.82, 2.24) is 25.1 Å². The predicted octanol–water partition coefficient (Wildman–Crippen LogP) is 3.59. The molecule has 0 bridgehead atoms. The number of hydrogen-bond acceptors (Lipinski definition) is 8. The van der Waals surface area contributed by atoms with E-state index in [1.807, 2.05) is 19.2 Å². The van der Waals surface area contributed by atoms with E-state index in [-0.39, 0.29) is 23.4 Å². The average molecular weight is 600 g/mol. The number of rotatable bonds is 6. The van der Waals surface area contributed by atoms with Crippen LogP contribution in [0.3, 0.4) is 0 Å². The van der Waals surface area contributed by atoms with Crippen LogP contribution in [-0.2, 0) is 14.8 Å². The van der Waals surface area contributed by atoms with Crippen molar-refractivity contribution in [3.05, 3.63) is 51.4 Å². The third-order valence-electron chi connectivity index (χ3n) is 8.72. The number of halogens is 3. The zero-order valence-corrected chi connectivity index (χ0v) is 24.4. The zero-order valence-electron chi connectivity index (χ0n) is 22.1. The number of pyridine rings is 2. The van der Waals surface area contributed by atoms with Gasteiger partial charge in [-0.2, -0.15) is 0 Å². The number of aryl methyl sites for hydroxylation is 1. The van der Waals surface area contributed by atoms with Crippen LogP contribution >= 0.6 is 23.2 Å². The van der Waals surface area contributed by atoms with Gasteiger partial charge in [-0.3, -0.25) is 10.4 Å². The molecule has 0 radical (unpaired) electrons. The zero-order chi connectivity index (χ0) is 27.7. The number of hydrogen-bond donors (Lipinski definition) is 2. The SMILES string of the molecule is Cc1ncc(Cl)c([C@@H](C)OC2CC3C(CC2F)NNC3c2ccc(N3CC4(C3)CN(S(C)(=O)=O)C4)nc2)c1Cl. The van der Waals surface area contributed by atoms with Crippen molar-refractivity contribution in [2.75, 3.05) is 37.3 Å². The molecule has 1 saturated carbocycles. The van der Waals surface area contributed by atoms with E-state index in [4.69, 9.17) is 32.9 Å². The number of aromatic nitrogens is 2. The molecule has 2 aromatic heterocycles. The molecule has 3 saturated heterocycles. The minimum atomic E-state index is -3.11. The number of anilines is 1. The highest BCUT2D eigenvalue weighted by Gasteiger charge is 2.54. The van der Waals surface area contributed by atoms with Crippen LogP contribution in [0.4, 0.5) is 10.2 Å². The van der Waals surface area contributed by atoms with E-state index >= 15 is 4.39 Å². The number of fused-ring (bicyclic) bond motifs is 1. The molecule has 0 amide bonds. The minimum absolute atomic E-state index is 0.0122. The standard InChI is InChI=1S/C26H33Cl2FN6O3S/c1-14-24(28)23(18(27)9-30-14)15(2)38-21-6-17-20(7-19(21)29)32-33-25(17)16-4-5-22(31-8-16)34-10-26(11-34)12-35(13-26)39(3,36)37/h4-5,8-9,15,17,19-21,25,32-33H,6-7,10-13H2,1-3H3/t15-,17?,19?,20?,21?,25?/m1/s1. The van der Waals surface area contributed by atoms with Crippen LogP contribution in [0.15, 0.2) is 24.5 Å². The van der Waals surface area contributed by atoms with E-state index in [2.05, 4.69) is 26.8 Å². The summed E-state index contributed by atoms with van der Waals surface area (Å²) in [7, 11) is -3.11. The molecule has 6 rings (SSSR count). The molecule has 13 heteroatoms. The second-order valence-corrected chi connectivity index (χ2v) is 14.4. The van der Waals surface area contributed by atoms with Crippen LogP contribution < -0.4 is 15.8 Å². The average Bonchev–Trinajstić information content (AvgIpc) is 3.22. The van der Waals surface area contributed by atoms with Gasteiger partial charge in [0.2, 0.25) is 10.0 Å². The summed E-state index contributed by atoms with van der Waals surface area (Å²) >= 11 is 12.8. The fourth-order valence-corrected chi connectivity index (χ4v) is 8.24. The highest BCUT2D eigenvalue weighted by molar-refractivity contribution is 7.88. The van der Waals surface area contributed by atoms with E-state index in [0.29, 0.717) is 47.2 Å². The number of ether oxygens (including phenoxy) is 1. The number of nitrogens with one attached hydrogen (secondary N) is 2. The molecule has 212 valence electrons. The number of alkyl halides is 1. The molecule has 4 aliphatic rings. The first-order valence-electron chi connectivity index (χ1n) is 13.2. The molecule has 5 heterocycles. The van der Waals surface area contributed by atoms with E-state index in [9.17, 15) is 8.42 Å². The summed E-state index contributed by atoms with van der Waals surface area (Å²) < 4.78 is 46.4. The summed E-state index contributed by atoms with van der Waals surface area (Å²) in [5, 5.41) is 0.860. The Bertz CT molecular complexity index is 1350. The van der Waals surface area contributed by atoms with Crippen molar-refractivity contribution < 1.29 is 17.5 Å². The van der Waals surface area contributed by atoms with Crippen molar-refractivity contribution in [2.24, 2.45) is 11.3 Å². The van der Waals surface area contributed by atoms with Gasteiger partial charge in [0.05, 0.1) is 40.2 Å². The number of sulfonamides is 1. The van der Waals surface area contributed by atoms with Crippen molar-refractivity contribution in [1.29, 1.82) is 0 Å². The summed E-state index contributed by atoms with van der Waals surface area (Å²) in [6.45, 7) is 6.42. The summed E-state index contributed by atoms with van der Waals surface area (Å²) in [6, 6.07) is 4.04. The molecule has 2 N–H and O–H groups in total. The van der Waals surface area contributed by atoms with E-state index in [0.717, 1.165) is 24.5 Å². The first-order valence-corrected chi connectivity index (χ1v) is 15.8. The lowest BCUT2D eigenvalue weighted by atomic mass is 9.74. The smallest absolute Gasteiger partial charge is 0.211 e. The Morgan fingerprint density at radius 2 is 1.87 bits per heavy atom. The largest absolute Gasteiger partial charge is 0.367 e. The molecule has 4 fully saturated rings. The van der Waals surface area contributed by atoms with Crippen LogP contribution in [0.25, 0.3) is 0 Å². The maximum atomic E-state index is 15.2. The van der Waals surface area contributed by atoms with Gasteiger partial charge >= 0.3 is 0 Å². The third kappa shape index (κ3) is 5.05. The second kappa shape index (κ2) is 10.0. The van der Waals surface area contributed by atoms with E-state index in [1.165, 1.54) is 10.6 Å². The molecule has 39 heavy (non-hydrogen) atoms. The number of nitrogens with zero attached hydrogens (tertiary/aromatic N) is 4. The Morgan fingerprint density at radius 3 is 2.54 bits per heavy atom. The maximum absolute atomic E-state index is 15.2. The van der Waals surface area contributed by atoms with Crippen molar-refractivity contribution in [3.63, 3.8) is 0 Å². The Labute approximate surface area is 238 Å². The summed E-state index contributed by atoms with van der Waals surface area (Å²) in [6.07, 6.45) is 3.38. The van der Waals surface area contributed by atoms with Gasteiger partial charge in [0.15, 0.2) is 0 Å². The Morgan fingerprint density at radius 1 is 1.13 bits per heavy atom. The van der Waals surface area contributed by atoms with Crippen molar-refractivity contribution >= 4 is 39.0 Å². The molecule has 3 aliphatic heterocycles. The molecule has 6 atom stereocenters. The molecular formula is C26H33Cl2FN6O3S. The van der Waals surface area contributed by atoms with Gasteiger partial charge in [0.25, 0.3) is 0 Å². The molecule has 1 spiro atoms. The lowest BCUT2D eigenvalue weighted by molar-refractivity contribution is -0.0783. The normalized spacial score (nSPS) is 31.0. The van der Waals surface area contributed by atoms with Gasteiger partial charge in [0.1, 0.15) is 12.0 Å². The topological polar surface area (TPSA) is 99.7 Å². The highest BCUT2D eigenvalue weighted by atomic mass is 35.5. The molecule has 0 aromatic carbocycles. The van der Waals surface area contributed by atoms with Crippen LogP contribution in [-0.4, -0.2) is 73.4 Å². The fourth-order valence-electron chi connectivity index (χ4n) is 6.57. The van der Waals surface area contributed by atoms with Gasteiger partial charge < -0.3 is 9.64 Å². The maximum Gasteiger partial charge on any atom is 0.211 e. The molecular weight excluding hydrogens is 566 g/mol. The molecule has 1 aliphatic carbocycles. The van der Waals surface area contributed by atoms with E-state index in [1.54, 1.807) is 13.1 Å². The van der Waals surface area contributed by atoms with Crippen molar-refractivity contribution in [3.8, 4) is 0 Å². The monoisotopic (exact) mass is 598 g/mol. The van der Waals surface area contributed by atoms with Gasteiger partial charge in [-0.05, 0) is 44.2 Å². The molecule has 2 aromatic rings. The summed E-state index contributed by atoms with van der Waals surface area (Å²) in [5.41, 5.74) is 9.01. The van der Waals surface area contributed by atoms with Crippen LogP contribution in [0.5, 0.6) is 0 Å². The van der Waals surface area contributed by atoms with Gasteiger partial charge in [-0.1, -0.05) is 29.3 Å². The second-order valence-electron chi connectivity index (χ2n) is 11.6. The Kier molecular flexibility index (Phi) is 7.10. The minimum Gasteiger partial charge on any atom is -0.367 e. The molecule has 9 nitrogen and oxygen atoms in total. The van der Waals surface area contributed by atoms with Crippen LogP contribution in [0.2, 0.25) is 10.0 Å². The van der Waals surface area contributed by atoms with E-state index < -0.39 is 28.4 Å². The lowest BCUT2D eigenvalue weighted by Gasteiger charge is -2.59. The van der Waals surface area contributed by atoms with Crippen LogP contribution in [0, 0.1) is 18.3 Å². The first kappa shape index (κ1) is 27.6. The fraction of sp³-hybridized carbons (Fsp3) is 0.615. The van der Waals surface area contributed by atoms with Crippen LogP contribution in [0.1, 0.15) is 48.7 Å². The van der Waals surface area contributed by atoms with Gasteiger partial charge in [-0.15, -0.1) is 0 Å². The Balaban J connectivity index is 1.09. The quantitative estimate of drug-likeness (QED) is 0.520. The summed E-state index contributed by atoms with van der Waals surface area (Å²) in [5.74, 6) is 1.00. The van der Waals surface area contributed by atoms with Gasteiger partial charge in [-0.25, -0.2) is 27.5 Å².